The molecule has 2 rings (SSSR count). The van der Waals surface area contributed by atoms with Gasteiger partial charge in [0.1, 0.15) is 5.75 Å². The molecule has 0 aromatic heterocycles. The quantitative estimate of drug-likeness (QED) is 0.749. The number of halogens is 1. The number of carbonyl (C=O) groups is 1. The van der Waals surface area contributed by atoms with E-state index < -0.39 is 0 Å². The molecule has 1 fully saturated rings. The summed E-state index contributed by atoms with van der Waals surface area (Å²) in [6, 6.07) is 7.42. The molecule has 1 saturated heterocycles. The van der Waals surface area contributed by atoms with Crippen LogP contribution < -0.4 is 15.4 Å². The Morgan fingerprint density at radius 1 is 1.33 bits per heavy atom. The zero-order valence-electron chi connectivity index (χ0n) is 14.8. The molecule has 136 valence electrons. The lowest BCUT2D eigenvalue weighted by atomic mass is 9.96. The van der Waals surface area contributed by atoms with Gasteiger partial charge in [-0.25, -0.2) is 0 Å². The van der Waals surface area contributed by atoms with Crippen molar-refractivity contribution in [2.45, 2.75) is 39.5 Å². The van der Waals surface area contributed by atoms with Gasteiger partial charge >= 0.3 is 0 Å². The van der Waals surface area contributed by atoms with Gasteiger partial charge in [-0.2, -0.15) is 0 Å². The molecular weight excluding hydrogens is 324 g/mol. The highest BCUT2D eigenvalue weighted by Crippen LogP contribution is 2.15. The van der Waals surface area contributed by atoms with Crippen molar-refractivity contribution in [3.05, 3.63) is 29.8 Å². The van der Waals surface area contributed by atoms with Gasteiger partial charge in [-0.15, -0.1) is 12.4 Å². The summed E-state index contributed by atoms with van der Waals surface area (Å²) in [5, 5.41) is 6.42. The summed E-state index contributed by atoms with van der Waals surface area (Å²) in [7, 11) is 0. The minimum atomic E-state index is 0. The van der Waals surface area contributed by atoms with Gasteiger partial charge in [-0.1, -0.05) is 13.8 Å². The highest BCUT2D eigenvalue weighted by Gasteiger charge is 2.13. The molecule has 0 spiro atoms. The van der Waals surface area contributed by atoms with Crippen molar-refractivity contribution in [1.82, 2.24) is 10.6 Å². The van der Waals surface area contributed by atoms with Crippen LogP contribution in [0.5, 0.6) is 5.75 Å². The van der Waals surface area contributed by atoms with Crippen LogP contribution in [0, 0.1) is 11.8 Å². The lowest BCUT2D eigenvalue weighted by molar-refractivity contribution is 0.0950. The number of ether oxygens (including phenoxy) is 1. The van der Waals surface area contributed by atoms with Crippen LogP contribution in [0.25, 0.3) is 0 Å². The fourth-order valence-corrected chi connectivity index (χ4v) is 2.78. The van der Waals surface area contributed by atoms with Crippen LogP contribution in [0.1, 0.15) is 49.9 Å². The zero-order valence-corrected chi connectivity index (χ0v) is 15.7. The van der Waals surface area contributed by atoms with E-state index >= 15 is 0 Å². The Balaban J connectivity index is 0.00000288. The summed E-state index contributed by atoms with van der Waals surface area (Å²) in [5.74, 6) is 2.16. The molecule has 1 atom stereocenters. The van der Waals surface area contributed by atoms with E-state index in [4.69, 9.17) is 4.74 Å². The first-order valence-corrected chi connectivity index (χ1v) is 8.87. The first-order chi connectivity index (χ1) is 11.1. The Morgan fingerprint density at radius 3 is 2.71 bits per heavy atom. The van der Waals surface area contributed by atoms with Gasteiger partial charge in [0.15, 0.2) is 0 Å². The Morgan fingerprint density at radius 2 is 2.08 bits per heavy atom. The Kier molecular flexibility index (Phi) is 9.80. The maximum atomic E-state index is 12.1. The molecule has 0 aliphatic carbocycles. The molecule has 24 heavy (non-hydrogen) atoms. The molecule has 1 aliphatic rings. The lowest BCUT2D eigenvalue weighted by Crippen LogP contribution is -2.33. The van der Waals surface area contributed by atoms with Gasteiger partial charge in [-0.3, -0.25) is 4.79 Å². The van der Waals surface area contributed by atoms with Crippen molar-refractivity contribution < 1.29 is 9.53 Å². The van der Waals surface area contributed by atoms with Crippen molar-refractivity contribution in [3.8, 4) is 5.75 Å². The highest BCUT2D eigenvalue weighted by atomic mass is 35.5. The smallest absolute Gasteiger partial charge is 0.251 e. The van der Waals surface area contributed by atoms with E-state index in [0.29, 0.717) is 17.4 Å². The molecule has 0 bridgehead atoms. The SMILES string of the molecule is CC(C)CCOc1ccc(C(=O)NCCC2CCCNC2)cc1.Cl. The van der Waals surface area contributed by atoms with E-state index in [0.717, 1.165) is 44.8 Å². The number of nitrogens with one attached hydrogen (secondary N) is 2. The van der Waals surface area contributed by atoms with Crippen LogP contribution in [0.2, 0.25) is 0 Å². The second-order valence-corrected chi connectivity index (χ2v) is 6.81. The van der Waals surface area contributed by atoms with E-state index in [-0.39, 0.29) is 18.3 Å². The highest BCUT2D eigenvalue weighted by molar-refractivity contribution is 5.94. The molecule has 2 N–H and O–H groups in total. The first kappa shape index (κ1) is 20.8. The summed E-state index contributed by atoms with van der Waals surface area (Å²) in [4.78, 5) is 12.1. The Labute approximate surface area is 152 Å². The van der Waals surface area contributed by atoms with Gasteiger partial charge in [0.25, 0.3) is 5.91 Å². The van der Waals surface area contributed by atoms with E-state index in [1.807, 2.05) is 24.3 Å². The zero-order chi connectivity index (χ0) is 16.5. The molecule has 5 heteroatoms. The van der Waals surface area contributed by atoms with E-state index in [2.05, 4.69) is 24.5 Å². The number of piperidine rings is 1. The predicted octanol–water partition coefficient (Wildman–Crippen LogP) is 3.65. The van der Waals surface area contributed by atoms with Crippen molar-refractivity contribution >= 4 is 18.3 Å². The van der Waals surface area contributed by atoms with E-state index in [1.54, 1.807) is 0 Å². The van der Waals surface area contributed by atoms with Gasteiger partial charge in [0, 0.05) is 12.1 Å². The second-order valence-electron chi connectivity index (χ2n) is 6.81. The van der Waals surface area contributed by atoms with Crippen LogP contribution in [0.3, 0.4) is 0 Å². The Hall–Kier alpha value is -1.26. The lowest BCUT2D eigenvalue weighted by Gasteiger charge is -2.22. The first-order valence-electron chi connectivity index (χ1n) is 8.87. The molecule has 1 unspecified atom stereocenters. The topological polar surface area (TPSA) is 50.4 Å². The van der Waals surface area contributed by atoms with Gasteiger partial charge < -0.3 is 15.4 Å². The van der Waals surface area contributed by atoms with Crippen molar-refractivity contribution in [2.24, 2.45) is 11.8 Å². The molecule has 0 radical (unpaired) electrons. The predicted molar refractivity (Wildman–Crippen MR) is 101 cm³/mol. The maximum absolute atomic E-state index is 12.1. The Bertz CT molecular complexity index is 471. The number of benzene rings is 1. The van der Waals surface area contributed by atoms with Crippen LogP contribution in [-0.2, 0) is 0 Å². The molecule has 1 amide bonds. The van der Waals surface area contributed by atoms with E-state index in [1.165, 1.54) is 12.8 Å². The van der Waals surface area contributed by atoms with Gasteiger partial charge in [0.05, 0.1) is 6.61 Å². The molecule has 1 aliphatic heterocycles. The number of rotatable bonds is 8. The molecular formula is C19H31ClN2O2. The third kappa shape index (κ3) is 7.54. The van der Waals surface area contributed by atoms with Gasteiger partial charge in [-0.05, 0) is 74.9 Å². The summed E-state index contributed by atoms with van der Waals surface area (Å²) >= 11 is 0. The molecule has 1 aromatic rings. The fraction of sp³-hybridized carbons (Fsp3) is 0.632. The standard InChI is InChI=1S/C19H30N2O2.ClH/c1-15(2)10-13-23-18-7-5-17(6-8-18)19(22)21-12-9-16-4-3-11-20-14-16;/h5-8,15-16,20H,3-4,9-14H2,1-2H3,(H,21,22);1H. The molecule has 4 nitrogen and oxygen atoms in total. The van der Waals surface area contributed by atoms with Crippen LogP contribution in [0.4, 0.5) is 0 Å². The minimum absolute atomic E-state index is 0. The summed E-state index contributed by atoms with van der Waals surface area (Å²) < 4.78 is 5.67. The summed E-state index contributed by atoms with van der Waals surface area (Å²) in [5.41, 5.74) is 0.697. The van der Waals surface area contributed by atoms with Crippen molar-refractivity contribution in [2.75, 3.05) is 26.2 Å². The van der Waals surface area contributed by atoms with Crippen molar-refractivity contribution in [3.63, 3.8) is 0 Å². The maximum Gasteiger partial charge on any atom is 0.251 e. The minimum Gasteiger partial charge on any atom is -0.494 e. The molecule has 0 saturated carbocycles. The van der Waals surface area contributed by atoms with Gasteiger partial charge in [0.2, 0.25) is 0 Å². The molecule has 1 heterocycles. The third-order valence-electron chi connectivity index (χ3n) is 4.32. The monoisotopic (exact) mass is 354 g/mol. The number of amides is 1. The number of hydrogen-bond acceptors (Lipinski definition) is 3. The van der Waals surface area contributed by atoms with Crippen LogP contribution in [0.15, 0.2) is 24.3 Å². The summed E-state index contributed by atoms with van der Waals surface area (Å²) in [6.07, 6.45) is 4.61. The number of carbonyl (C=O) groups excluding carboxylic acids is 1. The van der Waals surface area contributed by atoms with Crippen LogP contribution >= 0.6 is 12.4 Å². The normalized spacial score (nSPS) is 17.2. The molecule has 1 aromatic carbocycles. The second kappa shape index (κ2) is 11.3. The average Bonchev–Trinajstić information content (AvgIpc) is 2.56. The van der Waals surface area contributed by atoms with Crippen LogP contribution in [-0.4, -0.2) is 32.1 Å². The average molecular weight is 355 g/mol. The third-order valence-corrected chi connectivity index (χ3v) is 4.32. The van der Waals surface area contributed by atoms with E-state index in [9.17, 15) is 4.79 Å². The fourth-order valence-electron chi connectivity index (χ4n) is 2.78. The number of hydrogen-bond donors (Lipinski definition) is 2. The van der Waals surface area contributed by atoms with Crippen molar-refractivity contribution in [1.29, 1.82) is 0 Å². The summed E-state index contributed by atoms with van der Waals surface area (Å²) in [6.45, 7) is 8.05. The largest absolute Gasteiger partial charge is 0.494 e.